The molecule has 0 aliphatic heterocycles. The van der Waals surface area contributed by atoms with Gasteiger partial charge in [-0.2, -0.15) is 0 Å². The molecule has 2 aliphatic carbocycles. The first kappa shape index (κ1) is 19.7. The van der Waals surface area contributed by atoms with Gasteiger partial charge in [0.15, 0.2) is 0 Å². The van der Waals surface area contributed by atoms with Gasteiger partial charge in [-0.15, -0.1) is 23.1 Å². The maximum atomic E-state index is 12.5. The zero-order valence-electron chi connectivity index (χ0n) is 16.1. The van der Waals surface area contributed by atoms with E-state index in [0.717, 1.165) is 35.9 Å². The van der Waals surface area contributed by atoms with E-state index >= 15 is 0 Å². The predicted octanol–water partition coefficient (Wildman–Crippen LogP) is 4.10. The number of carbonyl (C=O) groups is 1. The third kappa shape index (κ3) is 4.69. The molecule has 5 nitrogen and oxygen atoms in total. The maximum absolute atomic E-state index is 12.5. The molecule has 0 saturated heterocycles. The number of hydrogen-bond donors (Lipinski definition) is 2. The second kappa shape index (κ2) is 9.27. The third-order valence-corrected chi connectivity index (χ3v) is 7.63. The van der Waals surface area contributed by atoms with Gasteiger partial charge in [0.2, 0.25) is 5.91 Å². The van der Waals surface area contributed by atoms with Crippen LogP contribution in [0.2, 0.25) is 0 Å². The Morgan fingerprint density at radius 1 is 1.21 bits per heavy atom. The first-order valence-electron chi connectivity index (χ1n) is 10.3. The number of aromatic amines is 1. The molecule has 2 N–H and O–H groups in total. The highest BCUT2D eigenvalue weighted by molar-refractivity contribution is 7.99. The van der Waals surface area contributed by atoms with Crippen molar-refractivity contribution in [2.24, 2.45) is 0 Å². The Bertz CT molecular complexity index is 945. The molecule has 0 bridgehead atoms. The van der Waals surface area contributed by atoms with Crippen molar-refractivity contribution in [2.75, 3.05) is 12.3 Å². The Hall–Kier alpha value is -1.60. The number of thioether (sulfide) groups is 1. The Labute approximate surface area is 173 Å². The van der Waals surface area contributed by atoms with Gasteiger partial charge >= 0.3 is 0 Å². The van der Waals surface area contributed by atoms with Crippen molar-refractivity contribution >= 4 is 39.2 Å². The molecule has 0 fully saturated rings. The summed E-state index contributed by atoms with van der Waals surface area (Å²) in [6.45, 7) is 0.715. The van der Waals surface area contributed by atoms with Crippen LogP contribution in [-0.2, 0) is 23.4 Å². The van der Waals surface area contributed by atoms with Crippen LogP contribution in [0.3, 0.4) is 0 Å². The lowest BCUT2D eigenvalue weighted by Crippen LogP contribution is -2.26. The predicted molar refractivity (Wildman–Crippen MR) is 117 cm³/mol. The highest BCUT2D eigenvalue weighted by Gasteiger charge is 2.19. The van der Waals surface area contributed by atoms with Crippen LogP contribution in [0.25, 0.3) is 10.2 Å². The summed E-state index contributed by atoms with van der Waals surface area (Å²) in [5.41, 5.74) is 2.67. The number of nitrogens with one attached hydrogen (secondary N) is 2. The normalized spacial score (nSPS) is 16.6. The minimum atomic E-state index is -0.0230. The molecule has 0 unspecified atom stereocenters. The summed E-state index contributed by atoms with van der Waals surface area (Å²) in [6.07, 6.45) is 12.6. The molecule has 0 spiro atoms. The molecular weight excluding hydrogens is 390 g/mol. The number of allylic oxidation sites excluding steroid dienone is 1. The number of rotatable bonds is 7. The average molecular weight is 418 g/mol. The van der Waals surface area contributed by atoms with Crippen molar-refractivity contribution in [3.05, 3.63) is 38.3 Å². The molecule has 0 atom stereocenters. The fourth-order valence-electron chi connectivity index (χ4n) is 4.06. The van der Waals surface area contributed by atoms with Crippen molar-refractivity contribution in [1.82, 2.24) is 15.3 Å². The molecule has 0 aromatic carbocycles. The standard InChI is InChI=1S/C21H27N3O2S2/c25-18(22-11-10-14-6-2-1-3-7-14)13-27-12-17-23-20(26)19-15-8-4-5-9-16(15)28-21(19)24-17/h6H,1-5,7-13H2,(H,22,25)(H,23,24,26). The van der Waals surface area contributed by atoms with Crippen molar-refractivity contribution < 1.29 is 4.79 Å². The lowest BCUT2D eigenvalue weighted by molar-refractivity contribution is -0.118. The molecule has 2 heterocycles. The third-order valence-electron chi connectivity index (χ3n) is 5.50. The number of aromatic nitrogens is 2. The summed E-state index contributed by atoms with van der Waals surface area (Å²) >= 11 is 3.17. The molecule has 150 valence electrons. The van der Waals surface area contributed by atoms with Gasteiger partial charge in [-0.1, -0.05) is 11.6 Å². The summed E-state index contributed by atoms with van der Waals surface area (Å²) in [5.74, 6) is 1.66. The van der Waals surface area contributed by atoms with Gasteiger partial charge in [-0.25, -0.2) is 4.98 Å². The molecule has 4 rings (SSSR count). The topological polar surface area (TPSA) is 74.8 Å². The largest absolute Gasteiger partial charge is 0.355 e. The number of aryl methyl sites for hydroxylation is 2. The van der Waals surface area contributed by atoms with E-state index in [1.807, 2.05) is 0 Å². The van der Waals surface area contributed by atoms with E-state index in [2.05, 4.69) is 21.4 Å². The van der Waals surface area contributed by atoms with Crippen LogP contribution in [0.4, 0.5) is 0 Å². The van der Waals surface area contributed by atoms with E-state index < -0.39 is 0 Å². The Kier molecular flexibility index (Phi) is 6.52. The fraction of sp³-hybridized carbons (Fsp3) is 0.571. The van der Waals surface area contributed by atoms with E-state index in [1.54, 1.807) is 11.3 Å². The van der Waals surface area contributed by atoms with Gasteiger partial charge in [0.25, 0.3) is 5.56 Å². The number of carbonyl (C=O) groups excluding carboxylic acids is 1. The van der Waals surface area contributed by atoms with E-state index in [9.17, 15) is 9.59 Å². The molecule has 7 heteroatoms. The van der Waals surface area contributed by atoms with Crippen molar-refractivity contribution in [2.45, 2.75) is 63.5 Å². The zero-order chi connectivity index (χ0) is 19.3. The van der Waals surface area contributed by atoms with E-state index in [1.165, 1.54) is 59.9 Å². The number of hydrogen-bond acceptors (Lipinski definition) is 5. The van der Waals surface area contributed by atoms with Crippen molar-refractivity contribution in [3.63, 3.8) is 0 Å². The molecule has 0 saturated carbocycles. The highest BCUT2D eigenvalue weighted by Crippen LogP contribution is 2.33. The maximum Gasteiger partial charge on any atom is 0.259 e. The van der Waals surface area contributed by atoms with Gasteiger partial charge < -0.3 is 10.3 Å². The van der Waals surface area contributed by atoms with Crippen LogP contribution in [-0.4, -0.2) is 28.2 Å². The molecule has 2 aromatic heterocycles. The van der Waals surface area contributed by atoms with Crippen LogP contribution in [0.15, 0.2) is 16.4 Å². The van der Waals surface area contributed by atoms with Crippen LogP contribution in [0.1, 0.15) is 61.2 Å². The lowest BCUT2D eigenvalue weighted by atomic mass is 9.97. The summed E-state index contributed by atoms with van der Waals surface area (Å²) < 4.78 is 0. The summed E-state index contributed by atoms with van der Waals surface area (Å²) in [5, 5.41) is 3.79. The molecule has 2 aromatic rings. The molecule has 28 heavy (non-hydrogen) atoms. The Morgan fingerprint density at radius 3 is 2.93 bits per heavy atom. The van der Waals surface area contributed by atoms with Gasteiger partial charge in [0, 0.05) is 11.4 Å². The zero-order valence-corrected chi connectivity index (χ0v) is 17.8. The monoisotopic (exact) mass is 417 g/mol. The minimum Gasteiger partial charge on any atom is -0.355 e. The SMILES string of the molecule is O=C(CSCc1nc2sc3c(c2c(=O)[nH]1)CCCC3)NCCC1=CCCCC1. The van der Waals surface area contributed by atoms with Crippen LogP contribution in [0, 0.1) is 0 Å². The van der Waals surface area contributed by atoms with Gasteiger partial charge in [0.1, 0.15) is 10.7 Å². The number of thiophene rings is 1. The second-order valence-electron chi connectivity index (χ2n) is 7.60. The van der Waals surface area contributed by atoms with E-state index in [-0.39, 0.29) is 11.5 Å². The van der Waals surface area contributed by atoms with E-state index in [4.69, 9.17) is 0 Å². The molecular formula is C21H27N3O2S2. The summed E-state index contributed by atoms with van der Waals surface area (Å²) in [4.78, 5) is 34.4. The van der Waals surface area contributed by atoms with Gasteiger partial charge in [-0.3, -0.25) is 9.59 Å². The summed E-state index contributed by atoms with van der Waals surface area (Å²) in [6, 6.07) is 0. The number of nitrogens with zero attached hydrogens (tertiary/aromatic N) is 1. The molecule has 2 aliphatic rings. The van der Waals surface area contributed by atoms with Crippen LogP contribution in [0.5, 0.6) is 0 Å². The Balaban J connectivity index is 1.27. The lowest BCUT2D eigenvalue weighted by Gasteiger charge is -2.12. The average Bonchev–Trinajstić information content (AvgIpc) is 3.07. The number of amides is 1. The second-order valence-corrected chi connectivity index (χ2v) is 9.67. The van der Waals surface area contributed by atoms with Gasteiger partial charge in [-0.05, 0) is 63.4 Å². The fourth-order valence-corrected chi connectivity index (χ4v) is 6.06. The highest BCUT2D eigenvalue weighted by atomic mass is 32.2. The molecule has 1 amide bonds. The van der Waals surface area contributed by atoms with Crippen molar-refractivity contribution in [3.8, 4) is 0 Å². The van der Waals surface area contributed by atoms with Crippen LogP contribution < -0.4 is 10.9 Å². The number of fused-ring (bicyclic) bond motifs is 3. The first-order chi connectivity index (χ1) is 13.7. The van der Waals surface area contributed by atoms with Crippen molar-refractivity contribution in [1.29, 1.82) is 0 Å². The van der Waals surface area contributed by atoms with E-state index in [0.29, 0.717) is 23.9 Å². The first-order valence-corrected chi connectivity index (χ1v) is 12.2. The summed E-state index contributed by atoms with van der Waals surface area (Å²) in [7, 11) is 0. The quantitative estimate of drug-likeness (QED) is 0.665. The van der Waals surface area contributed by atoms with Gasteiger partial charge in [0.05, 0.1) is 16.9 Å². The minimum absolute atomic E-state index is 0.0230. The number of H-pyrrole nitrogens is 1. The van der Waals surface area contributed by atoms with Crippen LogP contribution >= 0.6 is 23.1 Å². The smallest absolute Gasteiger partial charge is 0.259 e. The Morgan fingerprint density at radius 2 is 2.07 bits per heavy atom. The molecule has 0 radical (unpaired) electrons.